The molecule has 0 amide bonds. The van der Waals surface area contributed by atoms with Gasteiger partial charge in [-0.3, -0.25) is 9.59 Å². The van der Waals surface area contributed by atoms with Crippen molar-refractivity contribution < 1.29 is 42.9 Å². The lowest BCUT2D eigenvalue weighted by molar-refractivity contribution is -0.870. The number of carbonyl (C=O) groups is 3. The number of carbonyl (C=O) groups excluding carboxylic acids is 3. The third kappa shape index (κ3) is 49.2. The van der Waals surface area contributed by atoms with Crippen LogP contribution in [0.5, 0.6) is 0 Å². The summed E-state index contributed by atoms with van der Waals surface area (Å²) < 4.78 is 22.5. The van der Waals surface area contributed by atoms with Crippen LogP contribution >= 0.6 is 0 Å². The molecule has 2 atom stereocenters. The zero-order chi connectivity index (χ0) is 49.2. The van der Waals surface area contributed by atoms with Crippen molar-refractivity contribution in [2.24, 2.45) is 0 Å². The average Bonchev–Trinajstić information content (AvgIpc) is 3.29. The molecular weight excluding hydrogens is 839 g/mol. The number of carboxylic acids is 1. The fraction of sp³-hybridized carbons (Fsp3) is 0.569. The first kappa shape index (κ1) is 62.4. The molecule has 2 unspecified atom stereocenters. The molecule has 0 saturated heterocycles. The Balaban J connectivity index is 4.53. The van der Waals surface area contributed by atoms with Crippen LogP contribution in [0.4, 0.5) is 0 Å². The van der Waals surface area contributed by atoms with Crippen molar-refractivity contribution in [3.63, 3.8) is 0 Å². The number of unbranched alkanes of at least 4 members (excludes halogenated alkanes) is 7. The average molecular weight is 930 g/mol. The highest BCUT2D eigenvalue weighted by atomic mass is 16.7. The van der Waals surface area contributed by atoms with Crippen LogP contribution in [0.25, 0.3) is 0 Å². The summed E-state index contributed by atoms with van der Waals surface area (Å²) in [5.74, 6) is -2.41. The number of nitrogens with zero attached hydrogens (tertiary/aromatic N) is 1. The second-order valence-corrected chi connectivity index (χ2v) is 17.3. The van der Waals surface area contributed by atoms with E-state index in [1.165, 1.54) is 0 Å². The molecule has 0 aliphatic rings. The van der Waals surface area contributed by atoms with E-state index in [1.54, 1.807) is 0 Å². The van der Waals surface area contributed by atoms with Crippen LogP contribution in [-0.4, -0.2) is 82.3 Å². The van der Waals surface area contributed by atoms with Gasteiger partial charge in [0, 0.05) is 12.8 Å². The minimum Gasteiger partial charge on any atom is -0.545 e. The standard InChI is InChI=1S/C58H91NO8/c1-6-8-10-12-14-16-18-20-22-24-26-27-28-29-31-33-35-37-39-41-43-45-47-49-56(61)67-54(53-66-58(57(62)63)64-51-50-59(3,4)5)52-65-55(60)48-46-44-42-40-38-36-34-32-30-25-23-21-19-17-15-13-11-9-7-2/h8-11,14-17,20-23,26-27,29-32,35,37,41,43,54,58H,6-7,12-13,18-19,24-25,28,33-34,36,38-40,42,44-53H2,1-5H3/b10-8-,11-9-,16-14-,17-15-,22-20-,23-21-,27-26-,31-29-,32-30-,37-35-,43-41-. The van der Waals surface area contributed by atoms with E-state index in [0.29, 0.717) is 30.3 Å². The van der Waals surface area contributed by atoms with Crippen molar-refractivity contribution in [1.29, 1.82) is 0 Å². The van der Waals surface area contributed by atoms with E-state index in [2.05, 4.69) is 141 Å². The summed E-state index contributed by atoms with van der Waals surface area (Å²) in [5.41, 5.74) is 0. The Kier molecular flexibility index (Phi) is 44.6. The Morgan fingerprint density at radius 3 is 1.24 bits per heavy atom. The number of hydrogen-bond donors (Lipinski definition) is 0. The van der Waals surface area contributed by atoms with Crippen molar-refractivity contribution in [3.8, 4) is 0 Å². The first-order chi connectivity index (χ1) is 32.6. The Hall–Kier alpha value is -4.57. The molecule has 0 spiro atoms. The number of quaternary nitrogens is 1. The topological polar surface area (TPSA) is 111 Å². The third-order valence-electron chi connectivity index (χ3n) is 9.89. The van der Waals surface area contributed by atoms with Crippen molar-refractivity contribution in [2.45, 2.75) is 167 Å². The summed E-state index contributed by atoms with van der Waals surface area (Å²) in [7, 11) is 5.87. The fourth-order valence-corrected chi connectivity index (χ4v) is 6.04. The van der Waals surface area contributed by atoms with Crippen LogP contribution in [0.2, 0.25) is 0 Å². The van der Waals surface area contributed by atoms with E-state index in [9.17, 15) is 19.5 Å². The molecule has 0 aromatic carbocycles. The lowest BCUT2D eigenvalue weighted by Gasteiger charge is -2.26. The molecule has 67 heavy (non-hydrogen) atoms. The van der Waals surface area contributed by atoms with Gasteiger partial charge in [-0.15, -0.1) is 0 Å². The molecule has 0 heterocycles. The van der Waals surface area contributed by atoms with Crippen molar-refractivity contribution in [2.75, 3.05) is 47.5 Å². The molecule has 9 heteroatoms. The molecule has 0 bridgehead atoms. The van der Waals surface area contributed by atoms with Gasteiger partial charge in [0.1, 0.15) is 13.2 Å². The summed E-state index contributed by atoms with van der Waals surface area (Å²) in [4.78, 5) is 37.1. The van der Waals surface area contributed by atoms with Crippen LogP contribution in [0.15, 0.2) is 134 Å². The zero-order valence-corrected chi connectivity index (χ0v) is 42.5. The summed E-state index contributed by atoms with van der Waals surface area (Å²) in [5, 5.41) is 11.7. The lowest BCUT2D eigenvalue weighted by atomic mass is 10.1. The van der Waals surface area contributed by atoms with E-state index in [1.807, 2.05) is 27.2 Å². The lowest BCUT2D eigenvalue weighted by Crippen LogP contribution is -2.44. The quantitative estimate of drug-likeness (QED) is 0.0195. The van der Waals surface area contributed by atoms with E-state index >= 15 is 0 Å². The molecule has 0 saturated carbocycles. The molecule has 9 nitrogen and oxygen atoms in total. The molecule has 0 rings (SSSR count). The first-order valence-electron chi connectivity index (χ1n) is 25.3. The Bertz CT molecular complexity index is 1550. The smallest absolute Gasteiger partial charge is 0.306 e. The van der Waals surface area contributed by atoms with E-state index in [4.69, 9.17) is 18.9 Å². The number of hydrogen-bond acceptors (Lipinski definition) is 8. The Morgan fingerprint density at radius 1 is 0.448 bits per heavy atom. The van der Waals surface area contributed by atoms with Gasteiger partial charge >= 0.3 is 11.9 Å². The van der Waals surface area contributed by atoms with Crippen LogP contribution in [0.1, 0.15) is 155 Å². The van der Waals surface area contributed by atoms with Crippen molar-refractivity contribution in [3.05, 3.63) is 134 Å². The maximum atomic E-state index is 12.8. The van der Waals surface area contributed by atoms with Gasteiger partial charge in [-0.25, -0.2) is 0 Å². The first-order valence-corrected chi connectivity index (χ1v) is 25.3. The van der Waals surface area contributed by atoms with Gasteiger partial charge in [0.05, 0.1) is 40.3 Å². The molecule has 0 aromatic rings. The molecule has 0 aromatic heterocycles. The molecule has 0 N–H and O–H groups in total. The maximum Gasteiger partial charge on any atom is 0.306 e. The highest BCUT2D eigenvalue weighted by molar-refractivity contribution is 5.70. The second-order valence-electron chi connectivity index (χ2n) is 17.3. The van der Waals surface area contributed by atoms with Gasteiger partial charge in [-0.05, 0) is 103 Å². The number of carboxylic acid groups (broad SMARTS) is 1. The molecular formula is C58H91NO8. The molecule has 376 valence electrons. The monoisotopic (exact) mass is 930 g/mol. The predicted molar refractivity (Wildman–Crippen MR) is 278 cm³/mol. The van der Waals surface area contributed by atoms with Crippen molar-refractivity contribution >= 4 is 17.9 Å². The number of aliphatic carboxylic acids is 1. The summed E-state index contributed by atoms with van der Waals surface area (Å²) in [6, 6.07) is 0. The van der Waals surface area contributed by atoms with Crippen LogP contribution < -0.4 is 5.11 Å². The number of rotatable bonds is 44. The molecule has 0 aliphatic carbocycles. The van der Waals surface area contributed by atoms with E-state index in [-0.39, 0.29) is 32.7 Å². The number of esters is 2. The van der Waals surface area contributed by atoms with Gasteiger partial charge < -0.3 is 33.3 Å². The van der Waals surface area contributed by atoms with Crippen LogP contribution in [0, 0.1) is 0 Å². The third-order valence-corrected chi connectivity index (χ3v) is 9.89. The largest absolute Gasteiger partial charge is 0.545 e. The highest BCUT2D eigenvalue weighted by Gasteiger charge is 2.21. The fourth-order valence-electron chi connectivity index (χ4n) is 6.04. The van der Waals surface area contributed by atoms with Gasteiger partial charge in [-0.1, -0.05) is 173 Å². The normalized spacial score (nSPS) is 14.0. The molecule has 0 radical (unpaired) electrons. The zero-order valence-electron chi connectivity index (χ0n) is 42.5. The number of ether oxygens (including phenoxy) is 4. The number of allylic oxidation sites excluding steroid dienone is 22. The predicted octanol–water partition coefficient (Wildman–Crippen LogP) is 13.0. The minimum absolute atomic E-state index is 0.125. The highest BCUT2D eigenvalue weighted by Crippen LogP contribution is 2.11. The maximum absolute atomic E-state index is 12.8. The minimum atomic E-state index is -1.65. The summed E-state index contributed by atoms with van der Waals surface area (Å²) in [6.45, 7) is 4.40. The Labute approximate surface area is 408 Å². The van der Waals surface area contributed by atoms with Gasteiger partial charge in [-0.2, -0.15) is 0 Å². The van der Waals surface area contributed by atoms with E-state index < -0.39 is 30.3 Å². The van der Waals surface area contributed by atoms with Gasteiger partial charge in [0.15, 0.2) is 12.4 Å². The summed E-state index contributed by atoms with van der Waals surface area (Å²) in [6.07, 6.45) is 64.9. The Morgan fingerprint density at radius 2 is 0.821 bits per heavy atom. The van der Waals surface area contributed by atoms with Crippen LogP contribution in [0.3, 0.4) is 0 Å². The number of likely N-dealkylation sites (N-methyl/N-ethyl adjacent to an activating group) is 1. The van der Waals surface area contributed by atoms with E-state index in [0.717, 1.165) is 109 Å². The van der Waals surface area contributed by atoms with Crippen LogP contribution in [-0.2, 0) is 33.3 Å². The summed E-state index contributed by atoms with van der Waals surface area (Å²) >= 11 is 0. The van der Waals surface area contributed by atoms with Crippen molar-refractivity contribution in [1.82, 2.24) is 0 Å². The second kappa shape index (κ2) is 47.9. The van der Waals surface area contributed by atoms with Gasteiger partial charge in [0.2, 0.25) is 0 Å². The molecule has 0 aliphatic heterocycles. The SMILES string of the molecule is CC/C=C\C/C=C\C/C=C\C/C=C\C/C=C\C/C=C\C/C=C\CCCC(=O)OC(COC(=O)CCCCCCCC/C=C\C/C=C\C/C=C\C/C=C\CC)COC(OCC[N+](C)(C)C)C(=O)[O-]. The molecule has 0 fully saturated rings. The van der Waals surface area contributed by atoms with Gasteiger partial charge in [0.25, 0.3) is 0 Å².